The van der Waals surface area contributed by atoms with Gasteiger partial charge in [-0.05, 0) is 18.6 Å². The van der Waals surface area contributed by atoms with E-state index < -0.39 is 5.97 Å². The number of aromatic nitrogens is 1. The number of halogens is 1. The molecule has 0 saturated heterocycles. The van der Waals surface area contributed by atoms with Crippen LogP contribution in [0.15, 0.2) is 12.1 Å². The number of nitrogens with one attached hydrogen (secondary N) is 1. The quantitative estimate of drug-likeness (QED) is 0.652. The predicted octanol–water partition coefficient (Wildman–Crippen LogP) is 1.59. The molecule has 0 bridgehead atoms. The van der Waals surface area contributed by atoms with Crippen molar-refractivity contribution in [3.8, 4) is 0 Å². The highest BCUT2D eigenvalue weighted by Crippen LogP contribution is 2.12. The minimum atomic E-state index is -0.503. The Morgan fingerprint density at radius 2 is 2.17 bits per heavy atom. The van der Waals surface area contributed by atoms with Crippen LogP contribution in [0.3, 0.4) is 0 Å². The molecule has 0 aromatic carbocycles. The van der Waals surface area contributed by atoms with Gasteiger partial charge in [-0.2, -0.15) is 0 Å². The van der Waals surface area contributed by atoms with Crippen LogP contribution in [0.5, 0.6) is 0 Å². The summed E-state index contributed by atoms with van der Waals surface area (Å²) in [6.45, 7) is 1.85. The first kappa shape index (κ1) is 14.4. The second-order valence-electron chi connectivity index (χ2n) is 3.68. The first-order chi connectivity index (χ1) is 8.56. The lowest BCUT2D eigenvalue weighted by atomic mass is 10.1. The molecule has 0 radical (unpaired) electrons. The van der Waals surface area contributed by atoms with Gasteiger partial charge in [-0.15, -0.1) is 0 Å². The maximum absolute atomic E-state index is 11.8. The zero-order chi connectivity index (χ0) is 13.5. The molecule has 18 heavy (non-hydrogen) atoms. The number of carbonyl (C=O) groups excluding carboxylic acids is 2. The van der Waals surface area contributed by atoms with Gasteiger partial charge in [0, 0.05) is 11.3 Å². The van der Waals surface area contributed by atoms with Crippen molar-refractivity contribution in [2.45, 2.75) is 19.8 Å². The van der Waals surface area contributed by atoms with Gasteiger partial charge in [0.25, 0.3) is 5.91 Å². The average molecular weight is 271 g/mol. The lowest BCUT2D eigenvalue weighted by molar-refractivity contribution is -0.139. The van der Waals surface area contributed by atoms with Crippen LogP contribution >= 0.6 is 11.6 Å². The molecule has 1 heterocycles. The van der Waals surface area contributed by atoms with Gasteiger partial charge < -0.3 is 10.1 Å². The minimum Gasteiger partial charge on any atom is -0.468 e. The van der Waals surface area contributed by atoms with Crippen molar-refractivity contribution in [2.24, 2.45) is 0 Å². The number of esters is 1. The SMILES string of the molecule is CCCc1cc(C(=O)NCC(=O)OC)cc(Cl)n1. The summed E-state index contributed by atoms with van der Waals surface area (Å²) in [6, 6.07) is 3.13. The predicted molar refractivity (Wildman–Crippen MR) is 67.6 cm³/mol. The van der Waals surface area contributed by atoms with Crippen molar-refractivity contribution >= 4 is 23.5 Å². The summed E-state index contributed by atoms with van der Waals surface area (Å²) >= 11 is 5.84. The van der Waals surface area contributed by atoms with Gasteiger partial charge in [0.2, 0.25) is 0 Å². The van der Waals surface area contributed by atoms with Crippen molar-refractivity contribution in [1.82, 2.24) is 10.3 Å². The molecule has 0 aliphatic carbocycles. The van der Waals surface area contributed by atoms with E-state index >= 15 is 0 Å². The molecule has 0 spiro atoms. The minimum absolute atomic E-state index is 0.168. The zero-order valence-corrected chi connectivity index (χ0v) is 11.1. The summed E-state index contributed by atoms with van der Waals surface area (Å²) in [4.78, 5) is 26.8. The van der Waals surface area contributed by atoms with Crippen LogP contribution in [0, 0.1) is 0 Å². The van der Waals surface area contributed by atoms with Crippen LogP contribution < -0.4 is 5.32 Å². The highest BCUT2D eigenvalue weighted by atomic mass is 35.5. The molecule has 0 atom stereocenters. The van der Waals surface area contributed by atoms with E-state index in [4.69, 9.17) is 11.6 Å². The van der Waals surface area contributed by atoms with Crippen LogP contribution in [0.2, 0.25) is 5.15 Å². The Balaban J connectivity index is 2.75. The fraction of sp³-hybridized carbons (Fsp3) is 0.417. The second-order valence-corrected chi connectivity index (χ2v) is 4.07. The van der Waals surface area contributed by atoms with Crippen molar-refractivity contribution in [1.29, 1.82) is 0 Å². The molecule has 0 fully saturated rings. The van der Waals surface area contributed by atoms with Crippen molar-refractivity contribution in [3.63, 3.8) is 0 Å². The number of amides is 1. The number of methoxy groups -OCH3 is 1. The number of nitrogens with zero attached hydrogens (tertiary/aromatic N) is 1. The topological polar surface area (TPSA) is 68.3 Å². The molecule has 5 nitrogen and oxygen atoms in total. The third-order valence-electron chi connectivity index (χ3n) is 2.24. The average Bonchev–Trinajstić information content (AvgIpc) is 2.35. The molecule has 98 valence electrons. The second kappa shape index (κ2) is 6.96. The normalized spacial score (nSPS) is 9.94. The van der Waals surface area contributed by atoms with E-state index in [-0.39, 0.29) is 17.6 Å². The smallest absolute Gasteiger partial charge is 0.325 e. The van der Waals surface area contributed by atoms with Gasteiger partial charge in [-0.25, -0.2) is 4.98 Å². The number of ether oxygens (including phenoxy) is 1. The maximum atomic E-state index is 11.8. The molecule has 1 N–H and O–H groups in total. The first-order valence-electron chi connectivity index (χ1n) is 5.58. The molecule has 0 unspecified atom stereocenters. The zero-order valence-electron chi connectivity index (χ0n) is 10.3. The Hall–Kier alpha value is -1.62. The first-order valence-corrected chi connectivity index (χ1v) is 5.96. The molecule has 1 amide bonds. The molecular formula is C12H15ClN2O3. The van der Waals surface area contributed by atoms with Gasteiger partial charge in [0.15, 0.2) is 0 Å². The van der Waals surface area contributed by atoms with Crippen molar-refractivity contribution < 1.29 is 14.3 Å². The van der Waals surface area contributed by atoms with Crippen molar-refractivity contribution in [2.75, 3.05) is 13.7 Å². The summed E-state index contributed by atoms with van der Waals surface area (Å²) in [5, 5.41) is 2.71. The summed E-state index contributed by atoms with van der Waals surface area (Å²) in [6.07, 6.45) is 1.66. The van der Waals surface area contributed by atoms with Gasteiger partial charge >= 0.3 is 5.97 Å². The third-order valence-corrected chi connectivity index (χ3v) is 2.43. The van der Waals surface area contributed by atoms with Gasteiger partial charge in [-0.3, -0.25) is 9.59 Å². The molecule has 6 heteroatoms. The third kappa shape index (κ3) is 4.33. The van der Waals surface area contributed by atoms with E-state index in [0.29, 0.717) is 5.56 Å². The van der Waals surface area contributed by atoms with E-state index in [1.807, 2.05) is 6.92 Å². The Morgan fingerprint density at radius 3 is 2.78 bits per heavy atom. The molecule has 1 aromatic heterocycles. The molecule has 0 aliphatic rings. The van der Waals surface area contributed by atoms with Gasteiger partial charge in [0.1, 0.15) is 11.7 Å². The van der Waals surface area contributed by atoms with Crippen molar-refractivity contribution in [3.05, 3.63) is 28.5 Å². The van der Waals surface area contributed by atoms with E-state index in [9.17, 15) is 9.59 Å². The standard InChI is InChI=1S/C12H15ClN2O3/c1-3-4-9-5-8(6-10(13)15-9)12(17)14-7-11(16)18-2/h5-6H,3-4,7H2,1-2H3,(H,14,17). The summed E-state index contributed by atoms with van der Waals surface area (Å²) < 4.78 is 4.43. The van der Waals surface area contributed by atoms with E-state index in [2.05, 4.69) is 15.0 Å². The fourth-order valence-corrected chi connectivity index (χ4v) is 1.62. The summed E-state index contributed by atoms with van der Waals surface area (Å²) in [7, 11) is 1.26. The Bertz CT molecular complexity index is 449. The Labute approximate surface area is 110 Å². The number of aryl methyl sites for hydroxylation is 1. The number of hydrogen-bond donors (Lipinski definition) is 1. The number of pyridine rings is 1. The van der Waals surface area contributed by atoms with E-state index in [1.165, 1.54) is 13.2 Å². The Morgan fingerprint density at radius 1 is 1.44 bits per heavy atom. The highest BCUT2D eigenvalue weighted by Gasteiger charge is 2.10. The number of carbonyl (C=O) groups is 2. The highest BCUT2D eigenvalue weighted by molar-refractivity contribution is 6.29. The molecule has 1 rings (SSSR count). The molecular weight excluding hydrogens is 256 g/mol. The van der Waals surface area contributed by atoms with Crippen LogP contribution in [0.1, 0.15) is 29.4 Å². The van der Waals surface area contributed by atoms with Crippen LogP contribution in [-0.2, 0) is 16.0 Å². The fourth-order valence-electron chi connectivity index (χ4n) is 1.39. The summed E-state index contributed by atoms with van der Waals surface area (Å²) in [5.41, 5.74) is 1.15. The lowest BCUT2D eigenvalue weighted by Gasteiger charge is -2.06. The Kier molecular flexibility index (Phi) is 5.58. The van der Waals surface area contributed by atoms with Gasteiger partial charge in [0.05, 0.1) is 7.11 Å². The van der Waals surface area contributed by atoms with Gasteiger partial charge in [-0.1, -0.05) is 24.9 Å². The molecule has 1 aromatic rings. The number of rotatable bonds is 5. The summed E-state index contributed by atoms with van der Waals surface area (Å²) in [5.74, 6) is -0.876. The maximum Gasteiger partial charge on any atom is 0.325 e. The largest absolute Gasteiger partial charge is 0.468 e. The van der Waals surface area contributed by atoms with E-state index in [1.54, 1.807) is 6.07 Å². The molecule has 0 saturated carbocycles. The number of hydrogen-bond acceptors (Lipinski definition) is 4. The van der Waals surface area contributed by atoms with Crippen LogP contribution in [0.4, 0.5) is 0 Å². The van der Waals surface area contributed by atoms with Crippen LogP contribution in [-0.4, -0.2) is 30.5 Å². The lowest BCUT2D eigenvalue weighted by Crippen LogP contribution is -2.30. The monoisotopic (exact) mass is 270 g/mol. The van der Waals surface area contributed by atoms with E-state index in [0.717, 1.165) is 18.5 Å². The molecule has 0 aliphatic heterocycles. The van der Waals surface area contributed by atoms with Crippen LogP contribution in [0.25, 0.3) is 0 Å².